The van der Waals surface area contributed by atoms with Crippen molar-refractivity contribution in [2.24, 2.45) is 0 Å². The Hall–Kier alpha value is -1.20. The third-order valence-electron chi connectivity index (χ3n) is 2.69. The van der Waals surface area contributed by atoms with E-state index in [4.69, 9.17) is 11.6 Å². The van der Waals surface area contributed by atoms with Crippen LogP contribution in [0, 0.1) is 0 Å². The number of hydrogen-bond donors (Lipinski definition) is 1. The molecule has 0 saturated heterocycles. The summed E-state index contributed by atoms with van der Waals surface area (Å²) in [6, 6.07) is 10.5. The molecule has 2 rings (SSSR count). The zero-order chi connectivity index (χ0) is 14.8. The summed E-state index contributed by atoms with van der Waals surface area (Å²) < 4.78 is 38.5. The Morgan fingerprint density at radius 3 is 2.50 bits per heavy atom. The Balaban J connectivity index is 2.13. The number of halogens is 5. The molecule has 0 aliphatic heterocycles. The van der Waals surface area contributed by atoms with Gasteiger partial charge < -0.3 is 5.32 Å². The van der Waals surface area contributed by atoms with E-state index in [-0.39, 0.29) is 6.54 Å². The second-order valence-corrected chi connectivity index (χ2v) is 5.35. The molecule has 0 unspecified atom stereocenters. The Bertz CT molecular complexity index is 614. The SMILES string of the molecule is FC(F)(F)c1cccc(CNc2cccc(Cl)c2Br)c1. The van der Waals surface area contributed by atoms with E-state index in [1.807, 2.05) is 0 Å². The second kappa shape index (κ2) is 6.06. The molecular formula is C14H10BrClF3N. The maximum atomic E-state index is 12.6. The van der Waals surface area contributed by atoms with Gasteiger partial charge in [-0.05, 0) is 45.8 Å². The number of alkyl halides is 3. The molecule has 6 heteroatoms. The van der Waals surface area contributed by atoms with E-state index in [1.165, 1.54) is 6.07 Å². The minimum absolute atomic E-state index is 0.281. The van der Waals surface area contributed by atoms with Gasteiger partial charge in [0.1, 0.15) is 0 Å². The minimum Gasteiger partial charge on any atom is -0.380 e. The average molecular weight is 365 g/mol. The van der Waals surface area contributed by atoms with Crippen molar-refractivity contribution in [3.63, 3.8) is 0 Å². The molecule has 0 aliphatic carbocycles. The number of benzene rings is 2. The Kier molecular flexibility index (Phi) is 4.60. The summed E-state index contributed by atoms with van der Waals surface area (Å²) in [5, 5.41) is 3.59. The molecule has 0 atom stereocenters. The van der Waals surface area contributed by atoms with Crippen molar-refractivity contribution in [1.82, 2.24) is 0 Å². The molecule has 0 saturated carbocycles. The average Bonchev–Trinajstić information content (AvgIpc) is 2.40. The van der Waals surface area contributed by atoms with E-state index in [2.05, 4.69) is 21.2 Å². The van der Waals surface area contributed by atoms with E-state index >= 15 is 0 Å². The first kappa shape index (κ1) is 15.2. The van der Waals surface area contributed by atoms with Crippen LogP contribution in [0.1, 0.15) is 11.1 Å². The highest BCUT2D eigenvalue weighted by molar-refractivity contribution is 9.10. The Labute approximate surface area is 127 Å². The van der Waals surface area contributed by atoms with Gasteiger partial charge in [-0.1, -0.05) is 29.8 Å². The fourth-order valence-electron chi connectivity index (χ4n) is 1.70. The first-order valence-electron chi connectivity index (χ1n) is 5.72. The van der Waals surface area contributed by atoms with Crippen LogP contribution in [0.15, 0.2) is 46.9 Å². The number of rotatable bonds is 3. The summed E-state index contributed by atoms with van der Waals surface area (Å²) in [5.74, 6) is 0. The molecular weight excluding hydrogens is 355 g/mol. The van der Waals surface area contributed by atoms with Gasteiger partial charge in [0.25, 0.3) is 0 Å². The second-order valence-electron chi connectivity index (χ2n) is 4.15. The fraction of sp³-hybridized carbons (Fsp3) is 0.143. The van der Waals surface area contributed by atoms with Crippen LogP contribution in [-0.2, 0) is 12.7 Å². The standard InChI is InChI=1S/C14H10BrClF3N/c15-13-11(16)5-2-6-12(13)20-8-9-3-1-4-10(7-9)14(17,18)19/h1-7,20H,8H2. The summed E-state index contributed by atoms with van der Waals surface area (Å²) in [6.07, 6.45) is -4.33. The van der Waals surface area contributed by atoms with Gasteiger partial charge in [0.2, 0.25) is 0 Å². The van der Waals surface area contributed by atoms with Crippen molar-refractivity contribution in [3.05, 3.63) is 63.1 Å². The van der Waals surface area contributed by atoms with Crippen LogP contribution < -0.4 is 5.32 Å². The topological polar surface area (TPSA) is 12.0 Å². The molecule has 0 aromatic heterocycles. The third-order valence-corrected chi connectivity index (χ3v) is 4.09. The minimum atomic E-state index is -4.33. The van der Waals surface area contributed by atoms with Gasteiger partial charge in [0.05, 0.1) is 20.7 Å². The molecule has 0 spiro atoms. The molecule has 20 heavy (non-hydrogen) atoms. The van der Waals surface area contributed by atoms with Crippen molar-refractivity contribution in [2.45, 2.75) is 12.7 Å². The zero-order valence-electron chi connectivity index (χ0n) is 10.1. The van der Waals surface area contributed by atoms with E-state index in [9.17, 15) is 13.2 Å². The van der Waals surface area contributed by atoms with Crippen molar-refractivity contribution in [1.29, 1.82) is 0 Å². The van der Waals surface area contributed by atoms with Gasteiger partial charge in [0, 0.05) is 6.54 Å². The van der Waals surface area contributed by atoms with Gasteiger partial charge in [-0.15, -0.1) is 0 Å². The monoisotopic (exact) mass is 363 g/mol. The van der Waals surface area contributed by atoms with E-state index < -0.39 is 11.7 Å². The molecule has 2 aromatic carbocycles. The first-order chi connectivity index (χ1) is 9.38. The lowest BCUT2D eigenvalue weighted by molar-refractivity contribution is -0.137. The van der Waals surface area contributed by atoms with Crippen LogP contribution >= 0.6 is 27.5 Å². The predicted octanol–water partition coefficient (Wildman–Crippen LogP) is 5.73. The largest absolute Gasteiger partial charge is 0.416 e. The highest BCUT2D eigenvalue weighted by atomic mass is 79.9. The van der Waals surface area contributed by atoms with Gasteiger partial charge in [0.15, 0.2) is 0 Å². The molecule has 1 nitrogen and oxygen atoms in total. The normalized spacial score (nSPS) is 11.4. The van der Waals surface area contributed by atoms with Crippen LogP contribution in [0.2, 0.25) is 5.02 Å². The van der Waals surface area contributed by atoms with E-state index in [0.717, 1.165) is 17.8 Å². The molecule has 0 aliphatic rings. The predicted molar refractivity (Wildman–Crippen MR) is 77.9 cm³/mol. The highest BCUT2D eigenvalue weighted by Crippen LogP contribution is 2.31. The first-order valence-corrected chi connectivity index (χ1v) is 6.89. The molecule has 2 aromatic rings. The zero-order valence-corrected chi connectivity index (χ0v) is 12.5. The quantitative estimate of drug-likeness (QED) is 0.733. The number of anilines is 1. The van der Waals surface area contributed by atoms with Crippen molar-refractivity contribution in [3.8, 4) is 0 Å². The lowest BCUT2D eigenvalue weighted by Crippen LogP contribution is -2.07. The van der Waals surface area contributed by atoms with Gasteiger partial charge in [-0.25, -0.2) is 0 Å². The summed E-state index contributed by atoms with van der Waals surface area (Å²) in [4.78, 5) is 0. The summed E-state index contributed by atoms with van der Waals surface area (Å²) in [7, 11) is 0. The van der Waals surface area contributed by atoms with E-state index in [1.54, 1.807) is 24.3 Å². The summed E-state index contributed by atoms with van der Waals surface area (Å²) in [6.45, 7) is 0.281. The lowest BCUT2D eigenvalue weighted by atomic mass is 10.1. The molecule has 106 valence electrons. The van der Waals surface area contributed by atoms with Crippen molar-refractivity contribution >= 4 is 33.2 Å². The van der Waals surface area contributed by atoms with Crippen LogP contribution in [0.5, 0.6) is 0 Å². The molecule has 0 radical (unpaired) electrons. The molecule has 0 amide bonds. The summed E-state index contributed by atoms with van der Waals surface area (Å²) in [5.41, 5.74) is 0.628. The Morgan fingerprint density at radius 2 is 1.80 bits per heavy atom. The number of nitrogens with one attached hydrogen (secondary N) is 1. The van der Waals surface area contributed by atoms with Gasteiger partial charge in [-0.3, -0.25) is 0 Å². The molecule has 1 N–H and O–H groups in total. The van der Waals surface area contributed by atoms with Crippen LogP contribution in [0.4, 0.5) is 18.9 Å². The van der Waals surface area contributed by atoms with Crippen LogP contribution in [-0.4, -0.2) is 0 Å². The van der Waals surface area contributed by atoms with Crippen LogP contribution in [0.3, 0.4) is 0 Å². The third kappa shape index (κ3) is 3.67. The van der Waals surface area contributed by atoms with E-state index in [0.29, 0.717) is 15.1 Å². The van der Waals surface area contributed by atoms with Gasteiger partial charge in [-0.2, -0.15) is 13.2 Å². The molecule has 0 fully saturated rings. The maximum Gasteiger partial charge on any atom is 0.416 e. The molecule has 0 bridgehead atoms. The fourth-order valence-corrected chi connectivity index (χ4v) is 2.27. The number of hydrogen-bond acceptors (Lipinski definition) is 1. The highest BCUT2D eigenvalue weighted by Gasteiger charge is 2.30. The van der Waals surface area contributed by atoms with Crippen molar-refractivity contribution in [2.75, 3.05) is 5.32 Å². The Morgan fingerprint density at radius 1 is 1.10 bits per heavy atom. The van der Waals surface area contributed by atoms with Crippen molar-refractivity contribution < 1.29 is 13.2 Å². The van der Waals surface area contributed by atoms with Crippen LogP contribution in [0.25, 0.3) is 0 Å². The van der Waals surface area contributed by atoms with Gasteiger partial charge >= 0.3 is 6.18 Å². The summed E-state index contributed by atoms with van der Waals surface area (Å²) >= 11 is 9.27. The lowest BCUT2D eigenvalue weighted by Gasteiger charge is -2.11. The molecule has 0 heterocycles. The smallest absolute Gasteiger partial charge is 0.380 e. The maximum absolute atomic E-state index is 12.6.